The summed E-state index contributed by atoms with van der Waals surface area (Å²) < 4.78 is 5.89. The van der Waals surface area contributed by atoms with Crippen LogP contribution >= 0.6 is 15.9 Å². The molecule has 19 heavy (non-hydrogen) atoms. The van der Waals surface area contributed by atoms with Crippen molar-refractivity contribution >= 4 is 27.7 Å². The van der Waals surface area contributed by atoms with Crippen molar-refractivity contribution in [1.29, 1.82) is 0 Å². The number of pyridine rings is 1. The van der Waals surface area contributed by atoms with Crippen molar-refractivity contribution in [2.24, 2.45) is 0 Å². The molecule has 1 heterocycles. The number of carbonyl (C=O) groups excluding carboxylic acids is 1. The van der Waals surface area contributed by atoms with Crippen LogP contribution in [0.25, 0.3) is 0 Å². The Labute approximate surface area is 120 Å². The van der Waals surface area contributed by atoms with Crippen LogP contribution in [0, 0.1) is 0 Å². The van der Waals surface area contributed by atoms with Gasteiger partial charge in [0.15, 0.2) is 0 Å². The average Bonchev–Trinajstić information content (AvgIpc) is 2.46. The van der Waals surface area contributed by atoms with Crippen molar-refractivity contribution in [2.75, 3.05) is 19.1 Å². The van der Waals surface area contributed by atoms with Gasteiger partial charge in [0, 0.05) is 18.8 Å². The molecule has 1 amide bonds. The molecule has 0 radical (unpaired) electrons. The zero-order valence-electron chi connectivity index (χ0n) is 10.6. The zero-order valence-corrected chi connectivity index (χ0v) is 12.2. The van der Waals surface area contributed by atoms with Gasteiger partial charge in [0.2, 0.25) is 0 Å². The summed E-state index contributed by atoms with van der Waals surface area (Å²) in [5.74, 6) is 1.18. The number of rotatable bonds is 3. The monoisotopic (exact) mass is 320 g/mol. The van der Waals surface area contributed by atoms with Gasteiger partial charge in [0.25, 0.3) is 5.91 Å². The molecular formula is C14H13BrN2O2. The molecule has 2 rings (SSSR count). The lowest BCUT2D eigenvalue weighted by Gasteiger charge is -2.16. The highest BCUT2D eigenvalue weighted by Crippen LogP contribution is 2.26. The van der Waals surface area contributed by atoms with E-state index in [2.05, 4.69) is 20.9 Å². The van der Waals surface area contributed by atoms with Gasteiger partial charge in [0.1, 0.15) is 11.6 Å². The summed E-state index contributed by atoms with van der Waals surface area (Å²) in [6.07, 6.45) is 1.66. The normalized spacial score (nSPS) is 10.1. The van der Waals surface area contributed by atoms with Crippen LogP contribution in [0.1, 0.15) is 10.4 Å². The van der Waals surface area contributed by atoms with E-state index in [0.717, 1.165) is 4.47 Å². The number of hydrogen-bond donors (Lipinski definition) is 0. The highest BCUT2D eigenvalue weighted by Gasteiger charge is 2.15. The Balaban J connectivity index is 2.27. The van der Waals surface area contributed by atoms with Gasteiger partial charge in [-0.3, -0.25) is 9.69 Å². The van der Waals surface area contributed by atoms with E-state index in [1.54, 1.807) is 44.6 Å². The van der Waals surface area contributed by atoms with Gasteiger partial charge in [-0.25, -0.2) is 4.98 Å². The lowest BCUT2D eigenvalue weighted by atomic mass is 10.2. The van der Waals surface area contributed by atoms with Crippen molar-refractivity contribution < 1.29 is 9.53 Å². The fourth-order valence-corrected chi connectivity index (χ4v) is 2.19. The van der Waals surface area contributed by atoms with E-state index in [1.807, 2.05) is 12.1 Å². The molecule has 0 unspecified atom stereocenters. The van der Waals surface area contributed by atoms with Crippen LogP contribution in [0.5, 0.6) is 5.75 Å². The maximum Gasteiger partial charge on any atom is 0.259 e. The molecular weight excluding hydrogens is 308 g/mol. The van der Waals surface area contributed by atoms with Crippen molar-refractivity contribution in [3.05, 3.63) is 52.6 Å². The van der Waals surface area contributed by atoms with E-state index in [4.69, 9.17) is 4.74 Å². The molecule has 1 aromatic carbocycles. The smallest absolute Gasteiger partial charge is 0.259 e. The van der Waals surface area contributed by atoms with Gasteiger partial charge in [-0.15, -0.1) is 0 Å². The molecule has 98 valence electrons. The third-order valence-electron chi connectivity index (χ3n) is 2.70. The lowest BCUT2D eigenvalue weighted by molar-refractivity contribution is 0.0992. The van der Waals surface area contributed by atoms with Crippen LogP contribution < -0.4 is 9.64 Å². The number of anilines is 1. The lowest BCUT2D eigenvalue weighted by Crippen LogP contribution is -2.26. The summed E-state index contributed by atoms with van der Waals surface area (Å²) in [5.41, 5.74) is 0.570. The van der Waals surface area contributed by atoms with Gasteiger partial charge in [0.05, 0.1) is 11.6 Å². The van der Waals surface area contributed by atoms with E-state index in [9.17, 15) is 4.79 Å². The predicted octanol–water partition coefficient (Wildman–Crippen LogP) is 3.13. The first-order chi connectivity index (χ1) is 9.13. The summed E-state index contributed by atoms with van der Waals surface area (Å²) >= 11 is 3.37. The second-order valence-corrected chi connectivity index (χ2v) is 4.76. The van der Waals surface area contributed by atoms with Crippen LogP contribution in [0.15, 0.2) is 47.1 Å². The Morgan fingerprint density at radius 1 is 1.32 bits per heavy atom. The largest absolute Gasteiger partial charge is 0.496 e. The van der Waals surface area contributed by atoms with Crippen LogP contribution in [0.3, 0.4) is 0 Å². The van der Waals surface area contributed by atoms with Crippen molar-refractivity contribution in [3.63, 3.8) is 0 Å². The van der Waals surface area contributed by atoms with Crippen LogP contribution in [-0.4, -0.2) is 25.0 Å². The molecule has 0 aliphatic carbocycles. The van der Waals surface area contributed by atoms with Gasteiger partial charge in [-0.2, -0.15) is 0 Å². The fourth-order valence-electron chi connectivity index (χ4n) is 1.65. The number of carbonyl (C=O) groups is 1. The SMILES string of the molecule is COc1ccc(C(=O)N(C)c2ccccn2)cc1Br. The van der Waals surface area contributed by atoms with E-state index in [1.165, 1.54) is 4.90 Å². The zero-order chi connectivity index (χ0) is 13.8. The van der Waals surface area contributed by atoms with Gasteiger partial charge < -0.3 is 4.74 Å². The Morgan fingerprint density at radius 2 is 2.11 bits per heavy atom. The Kier molecular flexibility index (Phi) is 4.16. The summed E-state index contributed by atoms with van der Waals surface area (Å²) in [7, 11) is 3.28. The molecule has 0 fully saturated rings. The van der Waals surface area contributed by atoms with Crippen LogP contribution in [0.2, 0.25) is 0 Å². The summed E-state index contributed by atoms with van der Waals surface area (Å²) in [5, 5.41) is 0. The number of aromatic nitrogens is 1. The number of methoxy groups -OCH3 is 1. The summed E-state index contributed by atoms with van der Waals surface area (Å²) in [6.45, 7) is 0. The molecule has 2 aromatic rings. The number of amides is 1. The summed E-state index contributed by atoms with van der Waals surface area (Å²) in [6, 6.07) is 10.7. The second kappa shape index (κ2) is 5.84. The van der Waals surface area contributed by atoms with Crippen LogP contribution in [-0.2, 0) is 0 Å². The fraction of sp³-hybridized carbons (Fsp3) is 0.143. The molecule has 0 aliphatic rings. The second-order valence-electron chi connectivity index (χ2n) is 3.90. The molecule has 0 bridgehead atoms. The topological polar surface area (TPSA) is 42.4 Å². The van der Waals surface area contributed by atoms with Crippen LogP contribution in [0.4, 0.5) is 5.82 Å². The number of nitrogens with zero attached hydrogens (tertiary/aromatic N) is 2. The number of hydrogen-bond acceptors (Lipinski definition) is 3. The molecule has 0 N–H and O–H groups in total. The first-order valence-electron chi connectivity index (χ1n) is 5.66. The molecule has 0 spiro atoms. The average molecular weight is 321 g/mol. The van der Waals surface area contributed by atoms with E-state index in [-0.39, 0.29) is 5.91 Å². The van der Waals surface area contributed by atoms with E-state index >= 15 is 0 Å². The molecule has 1 aromatic heterocycles. The maximum atomic E-state index is 12.3. The van der Waals surface area contributed by atoms with E-state index < -0.39 is 0 Å². The Morgan fingerprint density at radius 3 is 2.68 bits per heavy atom. The Bertz CT molecular complexity index is 587. The molecule has 0 aliphatic heterocycles. The highest BCUT2D eigenvalue weighted by molar-refractivity contribution is 9.10. The number of halogens is 1. The molecule has 0 saturated carbocycles. The first-order valence-corrected chi connectivity index (χ1v) is 6.45. The first kappa shape index (κ1) is 13.5. The molecule has 0 atom stereocenters. The third kappa shape index (κ3) is 2.93. The Hall–Kier alpha value is -1.88. The standard InChI is InChI=1S/C14H13BrN2O2/c1-17(13-5-3-4-8-16-13)14(18)10-6-7-12(19-2)11(15)9-10/h3-9H,1-2H3. The maximum absolute atomic E-state index is 12.3. The van der Waals surface area contributed by atoms with Gasteiger partial charge in [-0.1, -0.05) is 6.07 Å². The van der Waals surface area contributed by atoms with Gasteiger partial charge >= 0.3 is 0 Å². The third-order valence-corrected chi connectivity index (χ3v) is 3.32. The summed E-state index contributed by atoms with van der Waals surface area (Å²) in [4.78, 5) is 18.0. The predicted molar refractivity (Wildman–Crippen MR) is 77.7 cm³/mol. The van der Waals surface area contributed by atoms with E-state index in [0.29, 0.717) is 17.1 Å². The highest BCUT2D eigenvalue weighted by atomic mass is 79.9. The van der Waals surface area contributed by atoms with Crippen molar-refractivity contribution in [1.82, 2.24) is 4.98 Å². The quantitative estimate of drug-likeness (QED) is 0.872. The molecule has 0 saturated heterocycles. The van der Waals surface area contributed by atoms with Crippen molar-refractivity contribution in [2.45, 2.75) is 0 Å². The minimum absolute atomic E-state index is 0.123. The minimum atomic E-state index is -0.123. The van der Waals surface area contributed by atoms with Gasteiger partial charge in [-0.05, 0) is 46.3 Å². The van der Waals surface area contributed by atoms with Crippen molar-refractivity contribution in [3.8, 4) is 5.75 Å². The number of ether oxygens (including phenoxy) is 1. The molecule has 4 nitrogen and oxygen atoms in total. The minimum Gasteiger partial charge on any atom is -0.496 e. The molecule has 5 heteroatoms. The number of benzene rings is 1.